The molecular weight excluding hydrogens is 273 g/mol. The van der Waals surface area contributed by atoms with Crippen LogP contribution in [0.5, 0.6) is 0 Å². The lowest BCUT2D eigenvalue weighted by molar-refractivity contribution is -0.141. The topological polar surface area (TPSA) is 57.6 Å². The average molecular weight is 288 g/mol. The van der Waals surface area contributed by atoms with Gasteiger partial charge in [-0.1, -0.05) is 6.07 Å². The number of likely N-dealkylation sites (tertiary alicyclic amines) is 1. The molecule has 1 aliphatic rings. The molecule has 4 nitrogen and oxygen atoms in total. The lowest BCUT2D eigenvalue weighted by Gasteiger charge is -2.16. The van der Waals surface area contributed by atoms with E-state index in [1.165, 1.54) is 11.0 Å². The minimum absolute atomic E-state index is 0. The van der Waals surface area contributed by atoms with Crippen LogP contribution in [0.2, 0.25) is 0 Å². The maximum Gasteiger partial charge on any atom is 0.308 e. The van der Waals surface area contributed by atoms with Gasteiger partial charge in [-0.15, -0.1) is 12.4 Å². The molecule has 1 heterocycles. The van der Waals surface area contributed by atoms with Crippen LogP contribution in [-0.4, -0.2) is 35.0 Å². The van der Waals surface area contributed by atoms with Crippen molar-refractivity contribution in [3.63, 3.8) is 0 Å². The number of rotatable bonds is 2. The van der Waals surface area contributed by atoms with Crippen molar-refractivity contribution in [3.8, 4) is 0 Å². The highest BCUT2D eigenvalue weighted by molar-refractivity contribution is 5.94. The van der Waals surface area contributed by atoms with E-state index >= 15 is 0 Å². The summed E-state index contributed by atoms with van der Waals surface area (Å²) in [4.78, 5) is 24.3. The lowest BCUT2D eigenvalue weighted by atomic mass is 10.1. The summed E-state index contributed by atoms with van der Waals surface area (Å²) in [7, 11) is 0. The van der Waals surface area contributed by atoms with Crippen LogP contribution in [0.4, 0.5) is 4.39 Å². The van der Waals surface area contributed by atoms with Crippen molar-refractivity contribution in [2.75, 3.05) is 13.1 Å². The standard InChI is InChI=1S/C13H14FNO3.ClH/c1-8-2-3-9(6-11(8)14)12(16)15-5-4-10(7-15)13(17)18;/h2-3,6,10H,4-5,7H2,1H3,(H,17,18);1H. The molecule has 1 unspecified atom stereocenters. The van der Waals surface area contributed by atoms with E-state index in [-0.39, 0.29) is 30.4 Å². The number of carboxylic acid groups (broad SMARTS) is 1. The van der Waals surface area contributed by atoms with Gasteiger partial charge in [-0.2, -0.15) is 0 Å². The molecule has 1 aromatic rings. The molecule has 1 amide bonds. The fourth-order valence-corrected chi connectivity index (χ4v) is 2.05. The fourth-order valence-electron chi connectivity index (χ4n) is 2.05. The summed E-state index contributed by atoms with van der Waals surface area (Å²) in [5, 5.41) is 8.87. The molecule has 6 heteroatoms. The minimum Gasteiger partial charge on any atom is -0.481 e. The third-order valence-electron chi connectivity index (χ3n) is 3.24. The predicted molar refractivity (Wildman–Crippen MR) is 70.0 cm³/mol. The monoisotopic (exact) mass is 287 g/mol. The van der Waals surface area contributed by atoms with E-state index in [1.54, 1.807) is 19.1 Å². The van der Waals surface area contributed by atoms with Crippen molar-refractivity contribution in [3.05, 3.63) is 35.1 Å². The zero-order chi connectivity index (χ0) is 13.3. The third-order valence-corrected chi connectivity index (χ3v) is 3.24. The van der Waals surface area contributed by atoms with Crippen molar-refractivity contribution in [1.29, 1.82) is 0 Å². The van der Waals surface area contributed by atoms with E-state index in [2.05, 4.69) is 0 Å². The molecule has 1 saturated heterocycles. The van der Waals surface area contributed by atoms with Crippen molar-refractivity contribution in [2.45, 2.75) is 13.3 Å². The van der Waals surface area contributed by atoms with Crippen LogP contribution in [0.25, 0.3) is 0 Å². The highest BCUT2D eigenvalue weighted by Crippen LogP contribution is 2.19. The first-order valence-corrected chi connectivity index (χ1v) is 5.77. The molecule has 2 rings (SSSR count). The quantitative estimate of drug-likeness (QED) is 0.906. The van der Waals surface area contributed by atoms with Crippen molar-refractivity contribution in [1.82, 2.24) is 4.90 Å². The summed E-state index contributed by atoms with van der Waals surface area (Å²) in [6.07, 6.45) is 0.454. The van der Waals surface area contributed by atoms with Crippen LogP contribution in [0.15, 0.2) is 18.2 Å². The summed E-state index contributed by atoms with van der Waals surface area (Å²) in [6, 6.07) is 4.31. The Kier molecular flexibility index (Phi) is 4.89. The van der Waals surface area contributed by atoms with E-state index in [1.807, 2.05) is 0 Å². The van der Waals surface area contributed by atoms with Gasteiger partial charge in [0.05, 0.1) is 5.92 Å². The number of carboxylic acids is 1. The number of aliphatic carboxylic acids is 1. The molecule has 1 atom stereocenters. The first kappa shape index (κ1) is 15.4. The lowest BCUT2D eigenvalue weighted by Crippen LogP contribution is -2.30. The first-order chi connectivity index (χ1) is 8.49. The highest BCUT2D eigenvalue weighted by atomic mass is 35.5. The Labute approximate surface area is 116 Å². The van der Waals surface area contributed by atoms with Crippen LogP contribution in [0, 0.1) is 18.7 Å². The van der Waals surface area contributed by atoms with Gasteiger partial charge in [-0.25, -0.2) is 4.39 Å². The SMILES string of the molecule is Cc1ccc(C(=O)N2CCC(C(=O)O)C2)cc1F.Cl. The van der Waals surface area contributed by atoms with Crippen molar-refractivity contribution >= 4 is 24.3 Å². The molecular formula is C13H15ClFNO3. The third kappa shape index (κ3) is 3.23. The number of amides is 1. The number of carbonyl (C=O) groups is 2. The van der Waals surface area contributed by atoms with E-state index in [4.69, 9.17) is 5.11 Å². The van der Waals surface area contributed by atoms with E-state index in [0.717, 1.165) is 0 Å². The second kappa shape index (κ2) is 6.02. The fraction of sp³-hybridized carbons (Fsp3) is 0.385. The number of benzene rings is 1. The number of halogens is 2. The van der Waals surface area contributed by atoms with Gasteiger partial charge in [-0.05, 0) is 31.0 Å². The molecule has 1 N–H and O–H groups in total. The Morgan fingerprint density at radius 3 is 2.63 bits per heavy atom. The molecule has 0 aromatic heterocycles. The molecule has 1 aliphatic heterocycles. The summed E-state index contributed by atoms with van der Waals surface area (Å²) in [5.41, 5.74) is 0.750. The number of nitrogens with zero attached hydrogens (tertiary/aromatic N) is 1. The zero-order valence-electron chi connectivity index (χ0n) is 10.4. The Hall–Kier alpha value is -1.62. The Morgan fingerprint density at radius 2 is 2.11 bits per heavy atom. The van der Waals surface area contributed by atoms with E-state index < -0.39 is 17.7 Å². The normalized spacial score (nSPS) is 18.0. The largest absolute Gasteiger partial charge is 0.481 e. The summed E-state index contributed by atoms with van der Waals surface area (Å²) < 4.78 is 13.4. The van der Waals surface area contributed by atoms with Gasteiger partial charge >= 0.3 is 5.97 Å². The molecule has 0 bridgehead atoms. The number of aryl methyl sites for hydroxylation is 1. The Bertz CT molecular complexity index is 507. The second-order valence-electron chi connectivity index (χ2n) is 4.54. The number of carbonyl (C=O) groups excluding carboxylic acids is 1. The van der Waals surface area contributed by atoms with Gasteiger partial charge in [0.25, 0.3) is 5.91 Å². The molecule has 104 valence electrons. The first-order valence-electron chi connectivity index (χ1n) is 5.77. The van der Waals surface area contributed by atoms with Crippen molar-refractivity contribution < 1.29 is 19.1 Å². The summed E-state index contributed by atoms with van der Waals surface area (Å²) in [6.45, 7) is 2.23. The van der Waals surface area contributed by atoms with Crippen molar-refractivity contribution in [2.24, 2.45) is 5.92 Å². The van der Waals surface area contributed by atoms with Gasteiger partial charge < -0.3 is 10.0 Å². The van der Waals surface area contributed by atoms with Crippen LogP contribution in [-0.2, 0) is 4.79 Å². The highest BCUT2D eigenvalue weighted by Gasteiger charge is 2.31. The molecule has 0 aliphatic carbocycles. The van der Waals surface area contributed by atoms with Crippen LogP contribution < -0.4 is 0 Å². The smallest absolute Gasteiger partial charge is 0.308 e. The van der Waals surface area contributed by atoms with E-state index in [0.29, 0.717) is 18.5 Å². The van der Waals surface area contributed by atoms with Gasteiger partial charge in [0, 0.05) is 18.7 Å². The molecule has 1 aromatic carbocycles. The minimum atomic E-state index is -0.889. The molecule has 19 heavy (non-hydrogen) atoms. The van der Waals surface area contributed by atoms with Crippen LogP contribution >= 0.6 is 12.4 Å². The van der Waals surface area contributed by atoms with Crippen LogP contribution in [0.3, 0.4) is 0 Å². The van der Waals surface area contributed by atoms with Gasteiger partial charge in [-0.3, -0.25) is 9.59 Å². The summed E-state index contributed by atoms with van der Waals surface area (Å²) >= 11 is 0. The second-order valence-corrected chi connectivity index (χ2v) is 4.54. The van der Waals surface area contributed by atoms with E-state index in [9.17, 15) is 14.0 Å². The predicted octanol–water partition coefficient (Wildman–Crippen LogP) is 2.10. The Morgan fingerprint density at radius 1 is 1.42 bits per heavy atom. The van der Waals surface area contributed by atoms with Crippen LogP contribution in [0.1, 0.15) is 22.3 Å². The summed E-state index contributed by atoms with van der Waals surface area (Å²) in [5.74, 6) is -2.13. The molecule has 0 saturated carbocycles. The van der Waals surface area contributed by atoms with Gasteiger partial charge in [0.2, 0.25) is 0 Å². The maximum atomic E-state index is 13.4. The maximum absolute atomic E-state index is 13.4. The molecule has 1 fully saturated rings. The number of hydrogen-bond donors (Lipinski definition) is 1. The number of hydrogen-bond acceptors (Lipinski definition) is 2. The van der Waals surface area contributed by atoms with Gasteiger partial charge in [0.15, 0.2) is 0 Å². The molecule has 0 radical (unpaired) electrons. The average Bonchev–Trinajstić information content (AvgIpc) is 2.81. The Balaban J connectivity index is 0.00000180. The molecule has 0 spiro atoms. The van der Waals surface area contributed by atoms with Gasteiger partial charge in [0.1, 0.15) is 5.82 Å². The zero-order valence-corrected chi connectivity index (χ0v) is 11.2.